The van der Waals surface area contributed by atoms with Crippen LogP contribution in [0.15, 0.2) is 35.8 Å². The summed E-state index contributed by atoms with van der Waals surface area (Å²) in [5.41, 5.74) is 1.50. The molecule has 3 heterocycles. The zero-order valence-electron chi connectivity index (χ0n) is 16.6. The van der Waals surface area contributed by atoms with Gasteiger partial charge in [0.05, 0.1) is 6.54 Å². The number of hydrogen-bond donors (Lipinski definition) is 0. The van der Waals surface area contributed by atoms with Crippen LogP contribution in [0.4, 0.5) is 5.95 Å². The summed E-state index contributed by atoms with van der Waals surface area (Å²) < 4.78 is 0. The molecule has 1 aromatic carbocycles. The molecule has 1 amide bonds. The Morgan fingerprint density at radius 3 is 2.62 bits per heavy atom. The SMILES string of the molecule is Cc1nc(C)nc(N2CCN(C(=O)c3ccccc3-c3nccs3)C[C@H](C)O2)n1. The molecule has 3 aromatic rings. The average Bonchev–Trinajstić information content (AvgIpc) is 3.16. The van der Waals surface area contributed by atoms with Crippen LogP contribution >= 0.6 is 11.3 Å². The van der Waals surface area contributed by atoms with Crippen LogP contribution in [-0.2, 0) is 4.84 Å². The molecule has 8 nitrogen and oxygen atoms in total. The highest BCUT2D eigenvalue weighted by molar-refractivity contribution is 7.13. The number of carbonyl (C=O) groups is 1. The first-order valence-corrected chi connectivity index (χ1v) is 10.3. The Bertz CT molecular complexity index is 990. The molecule has 0 spiro atoms. The first-order chi connectivity index (χ1) is 14.0. The lowest BCUT2D eigenvalue weighted by molar-refractivity contribution is 0.0412. The summed E-state index contributed by atoms with van der Waals surface area (Å²) in [6.45, 7) is 7.03. The standard InChI is InChI=1S/C20H22N6O2S/c1-13-12-25(9-10-26(28-13)20-23-14(2)22-15(3)24-20)19(27)17-7-5-4-6-16(17)18-21-8-11-29-18/h4-8,11,13H,9-10,12H2,1-3H3/t13-/m0/s1. The molecule has 1 aliphatic rings. The minimum Gasteiger partial charge on any atom is -0.334 e. The predicted molar refractivity (Wildman–Crippen MR) is 111 cm³/mol. The topological polar surface area (TPSA) is 84.3 Å². The number of benzene rings is 1. The van der Waals surface area contributed by atoms with E-state index in [0.29, 0.717) is 42.8 Å². The van der Waals surface area contributed by atoms with Gasteiger partial charge in [-0.3, -0.25) is 9.63 Å². The Balaban J connectivity index is 1.57. The molecule has 2 aromatic heterocycles. The maximum absolute atomic E-state index is 13.4. The number of hydrogen-bond acceptors (Lipinski definition) is 8. The zero-order chi connectivity index (χ0) is 20.4. The van der Waals surface area contributed by atoms with Crippen molar-refractivity contribution in [3.8, 4) is 10.6 Å². The van der Waals surface area contributed by atoms with E-state index < -0.39 is 0 Å². The third-order valence-corrected chi connectivity index (χ3v) is 5.34. The highest BCUT2D eigenvalue weighted by Gasteiger charge is 2.28. The Morgan fingerprint density at radius 2 is 1.90 bits per heavy atom. The van der Waals surface area contributed by atoms with Gasteiger partial charge < -0.3 is 4.90 Å². The van der Waals surface area contributed by atoms with Crippen LogP contribution < -0.4 is 5.06 Å². The minimum absolute atomic E-state index is 0.0314. The van der Waals surface area contributed by atoms with Crippen molar-refractivity contribution >= 4 is 23.2 Å². The highest BCUT2D eigenvalue weighted by Crippen LogP contribution is 2.27. The second-order valence-electron chi connectivity index (χ2n) is 6.88. The second kappa shape index (κ2) is 8.22. The van der Waals surface area contributed by atoms with E-state index in [-0.39, 0.29) is 12.0 Å². The number of hydroxylamine groups is 1. The number of amides is 1. The number of aryl methyl sites for hydroxylation is 2. The molecule has 0 aliphatic carbocycles. The second-order valence-corrected chi connectivity index (χ2v) is 7.78. The zero-order valence-corrected chi connectivity index (χ0v) is 17.4. The van der Waals surface area contributed by atoms with Crippen LogP contribution in [0.1, 0.15) is 28.9 Å². The van der Waals surface area contributed by atoms with Gasteiger partial charge in [0.15, 0.2) is 0 Å². The van der Waals surface area contributed by atoms with Crippen molar-refractivity contribution in [1.82, 2.24) is 24.8 Å². The van der Waals surface area contributed by atoms with Crippen molar-refractivity contribution in [2.45, 2.75) is 26.9 Å². The molecule has 4 rings (SSSR count). The lowest BCUT2D eigenvalue weighted by Gasteiger charge is -2.22. The van der Waals surface area contributed by atoms with E-state index in [1.165, 1.54) is 11.3 Å². The van der Waals surface area contributed by atoms with Gasteiger partial charge in [-0.05, 0) is 26.8 Å². The minimum atomic E-state index is -0.203. The first kappa shape index (κ1) is 19.4. The largest absolute Gasteiger partial charge is 0.334 e. The van der Waals surface area contributed by atoms with Gasteiger partial charge in [0.25, 0.3) is 11.9 Å². The van der Waals surface area contributed by atoms with E-state index in [0.717, 1.165) is 10.6 Å². The van der Waals surface area contributed by atoms with Gasteiger partial charge >= 0.3 is 0 Å². The van der Waals surface area contributed by atoms with Crippen molar-refractivity contribution in [3.63, 3.8) is 0 Å². The molecule has 1 aliphatic heterocycles. The third kappa shape index (κ3) is 4.25. The molecule has 0 bridgehead atoms. The molecular weight excluding hydrogens is 388 g/mol. The average molecular weight is 411 g/mol. The predicted octanol–water partition coefficient (Wildman–Crippen LogP) is 2.89. The summed E-state index contributed by atoms with van der Waals surface area (Å²) in [6, 6.07) is 7.60. The molecule has 0 radical (unpaired) electrons. The number of anilines is 1. The number of carbonyl (C=O) groups excluding carboxylic acids is 1. The monoisotopic (exact) mass is 410 g/mol. The van der Waals surface area contributed by atoms with Crippen molar-refractivity contribution in [1.29, 1.82) is 0 Å². The molecule has 0 N–H and O–H groups in total. The van der Waals surface area contributed by atoms with Crippen LogP contribution in [0, 0.1) is 13.8 Å². The van der Waals surface area contributed by atoms with Crippen LogP contribution in [0.25, 0.3) is 10.6 Å². The summed E-state index contributed by atoms with van der Waals surface area (Å²) in [4.78, 5) is 38.5. The maximum Gasteiger partial charge on any atom is 0.254 e. The first-order valence-electron chi connectivity index (χ1n) is 9.43. The summed E-state index contributed by atoms with van der Waals surface area (Å²) in [5, 5.41) is 4.41. The van der Waals surface area contributed by atoms with E-state index >= 15 is 0 Å². The molecule has 1 atom stereocenters. The van der Waals surface area contributed by atoms with Gasteiger partial charge in [-0.15, -0.1) is 11.3 Å². The number of rotatable bonds is 3. The lowest BCUT2D eigenvalue weighted by atomic mass is 10.1. The fourth-order valence-corrected chi connectivity index (χ4v) is 4.02. The summed E-state index contributed by atoms with van der Waals surface area (Å²) in [7, 11) is 0. The molecule has 9 heteroatoms. The van der Waals surface area contributed by atoms with Crippen molar-refractivity contribution in [2.24, 2.45) is 0 Å². The van der Waals surface area contributed by atoms with Gasteiger partial charge in [-0.1, -0.05) is 18.2 Å². The van der Waals surface area contributed by atoms with E-state index in [1.54, 1.807) is 11.3 Å². The van der Waals surface area contributed by atoms with Gasteiger partial charge in [-0.2, -0.15) is 9.97 Å². The third-order valence-electron chi connectivity index (χ3n) is 4.54. The van der Waals surface area contributed by atoms with Crippen molar-refractivity contribution in [2.75, 3.05) is 24.7 Å². The Morgan fingerprint density at radius 1 is 1.14 bits per heavy atom. The molecule has 1 fully saturated rings. The van der Waals surface area contributed by atoms with E-state index in [2.05, 4.69) is 19.9 Å². The van der Waals surface area contributed by atoms with Crippen LogP contribution in [0.2, 0.25) is 0 Å². The summed E-state index contributed by atoms with van der Waals surface area (Å²) in [5.74, 6) is 1.71. The summed E-state index contributed by atoms with van der Waals surface area (Å²) >= 11 is 1.52. The summed E-state index contributed by atoms with van der Waals surface area (Å²) in [6.07, 6.45) is 1.55. The lowest BCUT2D eigenvalue weighted by Crippen LogP contribution is -2.37. The Labute approximate surface area is 173 Å². The quantitative estimate of drug-likeness (QED) is 0.656. The van der Waals surface area contributed by atoms with Gasteiger partial charge in [0.2, 0.25) is 0 Å². The number of nitrogens with zero attached hydrogens (tertiary/aromatic N) is 6. The van der Waals surface area contributed by atoms with Gasteiger partial charge in [0.1, 0.15) is 22.8 Å². The number of thiazole rings is 1. The molecule has 29 heavy (non-hydrogen) atoms. The molecule has 1 saturated heterocycles. The van der Waals surface area contributed by atoms with Crippen LogP contribution in [0.5, 0.6) is 0 Å². The van der Waals surface area contributed by atoms with Crippen molar-refractivity contribution in [3.05, 3.63) is 53.1 Å². The van der Waals surface area contributed by atoms with E-state index in [9.17, 15) is 4.79 Å². The maximum atomic E-state index is 13.4. The molecule has 150 valence electrons. The van der Waals surface area contributed by atoms with Crippen LogP contribution in [0.3, 0.4) is 0 Å². The molecule has 0 unspecified atom stereocenters. The fourth-order valence-electron chi connectivity index (χ4n) is 3.34. The van der Waals surface area contributed by atoms with E-state index in [1.807, 2.05) is 55.3 Å². The van der Waals surface area contributed by atoms with Crippen LogP contribution in [-0.4, -0.2) is 56.5 Å². The Kier molecular flexibility index (Phi) is 5.50. The van der Waals surface area contributed by atoms with Gasteiger partial charge in [-0.25, -0.2) is 15.0 Å². The van der Waals surface area contributed by atoms with E-state index in [4.69, 9.17) is 4.84 Å². The molecule has 0 saturated carbocycles. The normalized spacial score (nSPS) is 17.3. The fraction of sp³-hybridized carbons (Fsp3) is 0.350. The molecular formula is C20H22N6O2S. The van der Waals surface area contributed by atoms with Crippen molar-refractivity contribution < 1.29 is 9.63 Å². The number of aromatic nitrogens is 4. The van der Waals surface area contributed by atoms with Gasteiger partial charge in [0, 0.05) is 35.8 Å². The Hall–Kier alpha value is -2.91. The smallest absolute Gasteiger partial charge is 0.254 e. The highest BCUT2D eigenvalue weighted by atomic mass is 32.1.